The van der Waals surface area contributed by atoms with Gasteiger partial charge in [0, 0.05) is 11.5 Å². The third-order valence-electron chi connectivity index (χ3n) is 3.75. The maximum atomic E-state index is 11.3. The van der Waals surface area contributed by atoms with Crippen molar-refractivity contribution in [2.45, 2.75) is 39.2 Å². The minimum Gasteiger partial charge on any atom is -0.423 e. The van der Waals surface area contributed by atoms with Gasteiger partial charge in [-0.2, -0.15) is 0 Å². The third kappa shape index (κ3) is 4.43. The summed E-state index contributed by atoms with van der Waals surface area (Å²) in [6.07, 6.45) is 4.04. The number of allylic oxidation sites excluding steroid dienone is 2. The lowest BCUT2D eigenvalue weighted by molar-refractivity contribution is 0.201. The molecule has 2 aromatic rings. The highest BCUT2D eigenvalue weighted by Gasteiger charge is 2.04. The van der Waals surface area contributed by atoms with Crippen molar-refractivity contribution in [3.05, 3.63) is 70.1 Å². The summed E-state index contributed by atoms with van der Waals surface area (Å²) < 4.78 is 5.20. The Balaban J connectivity index is 2.02. The summed E-state index contributed by atoms with van der Waals surface area (Å²) in [4.78, 5) is 11.3. The van der Waals surface area contributed by atoms with Gasteiger partial charge in [0.2, 0.25) is 0 Å². The minimum atomic E-state index is -0.432. The zero-order valence-electron chi connectivity index (χ0n) is 13.1. The fourth-order valence-corrected chi connectivity index (χ4v) is 2.24. The van der Waals surface area contributed by atoms with Gasteiger partial charge < -0.3 is 9.52 Å². The van der Waals surface area contributed by atoms with Crippen LogP contribution < -0.4 is 5.63 Å². The Morgan fingerprint density at radius 1 is 1.32 bits per heavy atom. The molecule has 0 spiro atoms. The molecule has 0 bridgehead atoms. The fraction of sp³-hybridized carbons (Fsp3) is 0.316. The van der Waals surface area contributed by atoms with E-state index in [4.69, 9.17) is 4.42 Å². The Labute approximate surface area is 130 Å². The fourth-order valence-electron chi connectivity index (χ4n) is 2.24. The monoisotopic (exact) mass is 298 g/mol. The molecule has 1 aromatic heterocycles. The molecule has 0 aliphatic carbocycles. The largest absolute Gasteiger partial charge is 0.423 e. The first-order valence-corrected chi connectivity index (χ1v) is 7.47. The van der Waals surface area contributed by atoms with Crippen LogP contribution in [0.5, 0.6) is 0 Å². The van der Waals surface area contributed by atoms with Gasteiger partial charge in [-0.15, -0.1) is 0 Å². The average Bonchev–Trinajstić information content (AvgIpc) is 2.49. The normalized spacial score (nSPS) is 13.3. The van der Waals surface area contributed by atoms with Crippen LogP contribution in [0.4, 0.5) is 0 Å². The Hall–Kier alpha value is -2.13. The molecule has 0 radical (unpaired) electrons. The smallest absolute Gasteiger partial charge is 0.336 e. The van der Waals surface area contributed by atoms with Crippen molar-refractivity contribution in [2.75, 3.05) is 0 Å². The second kappa shape index (κ2) is 7.23. The lowest BCUT2D eigenvalue weighted by atomic mass is 10.0. The maximum Gasteiger partial charge on any atom is 0.336 e. The SMILES string of the molecule is C=C(C)C(O)CC/C(C)=C/Cc1ccc2ccc(=O)oc2c1. The van der Waals surface area contributed by atoms with E-state index in [1.165, 1.54) is 11.6 Å². The van der Waals surface area contributed by atoms with Gasteiger partial charge in [-0.05, 0) is 50.8 Å². The van der Waals surface area contributed by atoms with E-state index < -0.39 is 6.10 Å². The third-order valence-corrected chi connectivity index (χ3v) is 3.75. The van der Waals surface area contributed by atoms with Gasteiger partial charge in [0.05, 0.1) is 6.10 Å². The highest BCUT2D eigenvalue weighted by Crippen LogP contribution is 2.16. The summed E-state index contributed by atoms with van der Waals surface area (Å²) in [6.45, 7) is 7.66. The molecule has 1 aromatic carbocycles. The van der Waals surface area contributed by atoms with Crippen LogP contribution in [-0.4, -0.2) is 11.2 Å². The van der Waals surface area contributed by atoms with Crippen molar-refractivity contribution in [3.8, 4) is 0 Å². The molecule has 116 valence electrons. The van der Waals surface area contributed by atoms with Gasteiger partial charge in [0.15, 0.2) is 0 Å². The van der Waals surface area contributed by atoms with Gasteiger partial charge in [-0.3, -0.25) is 0 Å². The van der Waals surface area contributed by atoms with Crippen LogP contribution in [0.15, 0.2) is 63.3 Å². The van der Waals surface area contributed by atoms with E-state index in [0.717, 1.165) is 29.4 Å². The van der Waals surface area contributed by atoms with E-state index in [-0.39, 0.29) is 5.63 Å². The van der Waals surface area contributed by atoms with Crippen LogP contribution in [0, 0.1) is 0 Å². The van der Waals surface area contributed by atoms with Crippen LogP contribution in [0.25, 0.3) is 11.0 Å². The minimum absolute atomic E-state index is 0.329. The Morgan fingerprint density at radius 2 is 2.05 bits per heavy atom. The molecule has 1 heterocycles. The summed E-state index contributed by atoms with van der Waals surface area (Å²) in [6, 6.07) is 9.10. The summed E-state index contributed by atoms with van der Waals surface area (Å²) in [5.41, 5.74) is 3.42. The van der Waals surface area contributed by atoms with Crippen LogP contribution in [0.3, 0.4) is 0 Å². The summed E-state index contributed by atoms with van der Waals surface area (Å²) in [5.74, 6) is 0. The molecule has 22 heavy (non-hydrogen) atoms. The lowest BCUT2D eigenvalue weighted by Gasteiger charge is -2.10. The lowest BCUT2D eigenvalue weighted by Crippen LogP contribution is -2.06. The van der Waals surface area contributed by atoms with Crippen LogP contribution in [0.1, 0.15) is 32.3 Å². The number of aliphatic hydroxyl groups is 1. The Kier molecular flexibility index (Phi) is 5.34. The van der Waals surface area contributed by atoms with Crippen molar-refractivity contribution in [1.82, 2.24) is 0 Å². The quantitative estimate of drug-likeness (QED) is 0.648. The van der Waals surface area contributed by atoms with Crippen molar-refractivity contribution in [2.24, 2.45) is 0 Å². The van der Waals surface area contributed by atoms with Crippen molar-refractivity contribution >= 4 is 11.0 Å². The van der Waals surface area contributed by atoms with E-state index in [1.807, 2.05) is 25.1 Å². The highest BCUT2D eigenvalue weighted by molar-refractivity contribution is 5.76. The summed E-state index contributed by atoms with van der Waals surface area (Å²) >= 11 is 0. The standard InChI is InChI=1S/C19H22O3/c1-13(2)17(20)10-5-14(3)4-6-15-7-8-16-9-11-19(21)22-18(16)12-15/h4,7-9,11-12,17,20H,1,5-6,10H2,2-3H3/b14-4+. The predicted molar refractivity (Wildman–Crippen MR) is 90.0 cm³/mol. The molecule has 0 saturated heterocycles. The molecule has 1 unspecified atom stereocenters. The molecular weight excluding hydrogens is 276 g/mol. The van der Waals surface area contributed by atoms with Crippen LogP contribution >= 0.6 is 0 Å². The zero-order valence-corrected chi connectivity index (χ0v) is 13.1. The van der Waals surface area contributed by atoms with Gasteiger partial charge in [0.1, 0.15) is 5.58 Å². The molecule has 1 N–H and O–H groups in total. The molecule has 0 saturated carbocycles. The van der Waals surface area contributed by atoms with Crippen molar-refractivity contribution < 1.29 is 9.52 Å². The van der Waals surface area contributed by atoms with Crippen molar-refractivity contribution in [1.29, 1.82) is 0 Å². The van der Waals surface area contributed by atoms with E-state index in [2.05, 4.69) is 19.6 Å². The first kappa shape index (κ1) is 16.2. The number of hydrogen-bond acceptors (Lipinski definition) is 3. The van der Waals surface area contributed by atoms with E-state index in [9.17, 15) is 9.90 Å². The topological polar surface area (TPSA) is 50.4 Å². The number of benzene rings is 1. The van der Waals surface area contributed by atoms with E-state index in [1.54, 1.807) is 6.07 Å². The molecule has 1 atom stereocenters. The molecule has 0 aliphatic heterocycles. The number of hydrogen-bond donors (Lipinski definition) is 1. The molecule has 0 amide bonds. The molecule has 2 rings (SSSR count). The number of rotatable bonds is 6. The van der Waals surface area contributed by atoms with Gasteiger partial charge >= 0.3 is 5.63 Å². The predicted octanol–water partition coefficient (Wildman–Crippen LogP) is 4.00. The number of aliphatic hydroxyl groups excluding tert-OH is 1. The Bertz CT molecular complexity index is 753. The second-order valence-electron chi connectivity index (χ2n) is 5.78. The van der Waals surface area contributed by atoms with Gasteiger partial charge in [-0.25, -0.2) is 4.79 Å². The molecular formula is C19H22O3. The summed E-state index contributed by atoms with van der Waals surface area (Å²) in [5, 5.41) is 10.7. The Morgan fingerprint density at radius 3 is 2.77 bits per heavy atom. The van der Waals surface area contributed by atoms with Crippen molar-refractivity contribution in [3.63, 3.8) is 0 Å². The molecule has 3 heteroatoms. The van der Waals surface area contributed by atoms with Crippen LogP contribution in [-0.2, 0) is 6.42 Å². The molecule has 3 nitrogen and oxygen atoms in total. The highest BCUT2D eigenvalue weighted by atomic mass is 16.4. The van der Waals surface area contributed by atoms with Gasteiger partial charge in [-0.1, -0.05) is 35.9 Å². The first-order valence-electron chi connectivity index (χ1n) is 7.47. The zero-order chi connectivity index (χ0) is 16.1. The number of fused-ring (bicyclic) bond motifs is 1. The average molecular weight is 298 g/mol. The van der Waals surface area contributed by atoms with E-state index >= 15 is 0 Å². The molecule has 0 aliphatic rings. The molecule has 0 fully saturated rings. The first-order chi connectivity index (χ1) is 10.5. The second-order valence-corrected chi connectivity index (χ2v) is 5.78. The summed E-state index contributed by atoms with van der Waals surface area (Å²) in [7, 11) is 0. The van der Waals surface area contributed by atoms with Crippen LogP contribution in [0.2, 0.25) is 0 Å². The van der Waals surface area contributed by atoms with E-state index in [0.29, 0.717) is 12.0 Å². The maximum absolute atomic E-state index is 11.3. The van der Waals surface area contributed by atoms with Gasteiger partial charge in [0.25, 0.3) is 0 Å².